The van der Waals surface area contributed by atoms with Crippen LogP contribution in [0, 0.1) is 5.92 Å². The molecular formula is C22H28N2O4S. The van der Waals surface area contributed by atoms with Crippen molar-refractivity contribution < 1.29 is 17.9 Å². The summed E-state index contributed by atoms with van der Waals surface area (Å²) < 4.78 is 30.0. The SMILES string of the molecule is CN(c1ccc(OCC(=O)N2CCC(Cc3ccccc3)CC2)cc1)S(C)(=O)=O. The maximum atomic E-state index is 12.5. The molecule has 2 aromatic carbocycles. The van der Waals surface area contributed by atoms with Crippen LogP contribution in [-0.4, -0.2) is 52.2 Å². The van der Waals surface area contributed by atoms with E-state index in [0.29, 0.717) is 17.4 Å². The molecule has 1 heterocycles. The topological polar surface area (TPSA) is 66.9 Å². The molecule has 0 aromatic heterocycles. The fourth-order valence-electron chi connectivity index (χ4n) is 3.51. The Labute approximate surface area is 173 Å². The highest BCUT2D eigenvalue weighted by atomic mass is 32.2. The van der Waals surface area contributed by atoms with Gasteiger partial charge in [0.25, 0.3) is 5.91 Å². The maximum Gasteiger partial charge on any atom is 0.260 e. The van der Waals surface area contributed by atoms with Gasteiger partial charge in [0.05, 0.1) is 11.9 Å². The molecule has 0 N–H and O–H groups in total. The van der Waals surface area contributed by atoms with Crippen LogP contribution in [0.5, 0.6) is 5.75 Å². The van der Waals surface area contributed by atoms with E-state index in [0.717, 1.165) is 38.6 Å². The van der Waals surface area contributed by atoms with E-state index in [-0.39, 0.29) is 12.5 Å². The second-order valence-electron chi connectivity index (χ2n) is 7.53. The van der Waals surface area contributed by atoms with Crippen molar-refractivity contribution in [2.45, 2.75) is 19.3 Å². The third-order valence-electron chi connectivity index (χ3n) is 5.39. The van der Waals surface area contributed by atoms with Gasteiger partial charge in [0.2, 0.25) is 10.0 Å². The van der Waals surface area contributed by atoms with Crippen LogP contribution in [0.15, 0.2) is 54.6 Å². The minimum Gasteiger partial charge on any atom is -0.484 e. The third-order valence-corrected chi connectivity index (χ3v) is 6.60. The van der Waals surface area contributed by atoms with Crippen LogP contribution in [0.1, 0.15) is 18.4 Å². The summed E-state index contributed by atoms with van der Waals surface area (Å²) in [6.07, 6.45) is 4.23. The molecule has 0 saturated carbocycles. The molecule has 1 amide bonds. The summed E-state index contributed by atoms with van der Waals surface area (Å²) in [6, 6.07) is 17.2. The molecular weight excluding hydrogens is 388 g/mol. The highest BCUT2D eigenvalue weighted by molar-refractivity contribution is 7.92. The molecule has 0 radical (unpaired) electrons. The number of hydrogen-bond donors (Lipinski definition) is 0. The Balaban J connectivity index is 1.44. The van der Waals surface area contributed by atoms with E-state index in [1.165, 1.54) is 16.9 Å². The lowest BCUT2D eigenvalue weighted by molar-refractivity contribution is -0.134. The number of rotatable bonds is 7. The first kappa shape index (κ1) is 21.2. The Bertz CT molecular complexity index is 906. The van der Waals surface area contributed by atoms with Gasteiger partial charge >= 0.3 is 0 Å². The molecule has 0 bridgehead atoms. The van der Waals surface area contributed by atoms with Gasteiger partial charge in [-0.3, -0.25) is 9.10 Å². The van der Waals surface area contributed by atoms with Gasteiger partial charge in [-0.05, 0) is 55.0 Å². The number of ether oxygens (including phenoxy) is 1. The van der Waals surface area contributed by atoms with Crippen LogP contribution in [0.25, 0.3) is 0 Å². The first-order valence-electron chi connectivity index (χ1n) is 9.81. The van der Waals surface area contributed by atoms with Crippen LogP contribution in [0.4, 0.5) is 5.69 Å². The van der Waals surface area contributed by atoms with Gasteiger partial charge in [-0.2, -0.15) is 0 Å². The van der Waals surface area contributed by atoms with Crippen LogP contribution in [0.2, 0.25) is 0 Å². The molecule has 6 nitrogen and oxygen atoms in total. The number of sulfonamides is 1. The van der Waals surface area contributed by atoms with E-state index >= 15 is 0 Å². The zero-order valence-electron chi connectivity index (χ0n) is 17.0. The number of nitrogens with zero attached hydrogens (tertiary/aromatic N) is 2. The molecule has 1 aliphatic rings. The van der Waals surface area contributed by atoms with Gasteiger partial charge in [-0.25, -0.2) is 8.42 Å². The largest absolute Gasteiger partial charge is 0.484 e. The number of carbonyl (C=O) groups is 1. The van der Waals surface area contributed by atoms with Crippen molar-refractivity contribution in [2.24, 2.45) is 5.92 Å². The summed E-state index contributed by atoms with van der Waals surface area (Å²) in [5.74, 6) is 1.14. The van der Waals surface area contributed by atoms with Crippen molar-refractivity contribution in [3.8, 4) is 5.75 Å². The van der Waals surface area contributed by atoms with Crippen molar-refractivity contribution in [1.82, 2.24) is 4.90 Å². The number of benzene rings is 2. The Kier molecular flexibility index (Phi) is 6.79. The van der Waals surface area contributed by atoms with Crippen LogP contribution in [-0.2, 0) is 21.2 Å². The van der Waals surface area contributed by atoms with Gasteiger partial charge in [-0.15, -0.1) is 0 Å². The average molecular weight is 417 g/mol. The molecule has 0 unspecified atom stereocenters. The first-order valence-corrected chi connectivity index (χ1v) is 11.7. The lowest BCUT2D eigenvalue weighted by Crippen LogP contribution is -2.41. The van der Waals surface area contributed by atoms with Crippen molar-refractivity contribution in [3.05, 3.63) is 60.2 Å². The summed E-state index contributed by atoms with van der Waals surface area (Å²) in [6.45, 7) is 1.51. The quantitative estimate of drug-likeness (QED) is 0.696. The Morgan fingerprint density at radius 2 is 1.69 bits per heavy atom. The molecule has 0 aliphatic carbocycles. The molecule has 29 heavy (non-hydrogen) atoms. The van der Waals surface area contributed by atoms with Gasteiger partial charge in [0, 0.05) is 20.1 Å². The third kappa shape index (κ3) is 5.97. The minimum absolute atomic E-state index is 0.00931. The van der Waals surface area contributed by atoms with E-state index < -0.39 is 10.0 Å². The molecule has 2 aromatic rings. The van der Waals surface area contributed by atoms with Crippen molar-refractivity contribution in [1.29, 1.82) is 0 Å². The lowest BCUT2D eigenvalue weighted by Gasteiger charge is -2.32. The Morgan fingerprint density at radius 1 is 1.07 bits per heavy atom. The number of carbonyl (C=O) groups excluding carboxylic acids is 1. The molecule has 0 atom stereocenters. The van der Waals surface area contributed by atoms with Crippen LogP contribution >= 0.6 is 0 Å². The Hall–Kier alpha value is -2.54. The first-order chi connectivity index (χ1) is 13.8. The minimum atomic E-state index is -3.30. The second-order valence-corrected chi connectivity index (χ2v) is 9.54. The number of piperidine rings is 1. The number of anilines is 1. The van der Waals surface area contributed by atoms with E-state index in [1.807, 2.05) is 11.0 Å². The zero-order valence-corrected chi connectivity index (χ0v) is 17.8. The highest BCUT2D eigenvalue weighted by Crippen LogP contribution is 2.23. The fraction of sp³-hybridized carbons (Fsp3) is 0.409. The zero-order chi connectivity index (χ0) is 20.9. The molecule has 7 heteroatoms. The van der Waals surface area contributed by atoms with Crippen LogP contribution < -0.4 is 9.04 Å². The van der Waals surface area contributed by atoms with E-state index in [4.69, 9.17) is 4.74 Å². The van der Waals surface area contributed by atoms with Crippen LogP contribution in [0.3, 0.4) is 0 Å². The molecule has 1 fully saturated rings. The van der Waals surface area contributed by atoms with Crippen molar-refractivity contribution in [2.75, 3.05) is 37.3 Å². The van der Waals surface area contributed by atoms with Gasteiger partial charge in [-0.1, -0.05) is 30.3 Å². The lowest BCUT2D eigenvalue weighted by atomic mass is 9.90. The average Bonchev–Trinajstić information content (AvgIpc) is 2.72. The monoisotopic (exact) mass is 416 g/mol. The normalized spacial score (nSPS) is 15.2. The van der Waals surface area contributed by atoms with Gasteiger partial charge < -0.3 is 9.64 Å². The molecule has 0 spiro atoms. The molecule has 156 valence electrons. The number of hydrogen-bond acceptors (Lipinski definition) is 4. The number of amides is 1. The summed E-state index contributed by atoms with van der Waals surface area (Å²) in [7, 11) is -1.81. The highest BCUT2D eigenvalue weighted by Gasteiger charge is 2.23. The van der Waals surface area contributed by atoms with Gasteiger partial charge in [0.1, 0.15) is 5.75 Å². The Morgan fingerprint density at radius 3 is 2.28 bits per heavy atom. The van der Waals surface area contributed by atoms with Crippen molar-refractivity contribution >= 4 is 21.6 Å². The van der Waals surface area contributed by atoms with E-state index in [9.17, 15) is 13.2 Å². The molecule has 1 aliphatic heterocycles. The molecule has 1 saturated heterocycles. The van der Waals surface area contributed by atoms with E-state index in [2.05, 4.69) is 24.3 Å². The summed E-state index contributed by atoms with van der Waals surface area (Å²) in [5.41, 5.74) is 1.90. The van der Waals surface area contributed by atoms with E-state index in [1.54, 1.807) is 24.3 Å². The standard InChI is InChI=1S/C22H28N2O4S/c1-23(29(2,26)27)20-8-10-21(11-9-20)28-17-22(25)24-14-12-19(13-15-24)16-18-6-4-3-5-7-18/h3-11,19H,12-17H2,1-2H3. The summed E-state index contributed by atoms with van der Waals surface area (Å²) in [4.78, 5) is 14.3. The number of likely N-dealkylation sites (tertiary alicyclic amines) is 1. The summed E-state index contributed by atoms with van der Waals surface area (Å²) >= 11 is 0. The van der Waals surface area contributed by atoms with Gasteiger partial charge in [0.15, 0.2) is 6.61 Å². The molecule has 3 rings (SSSR count). The fourth-order valence-corrected chi connectivity index (χ4v) is 4.02. The predicted octanol–water partition coefficient (Wildman–Crippen LogP) is 2.94. The smallest absolute Gasteiger partial charge is 0.260 e. The maximum absolute atomic E-state index is 12.5. The van der Waals surface area contributed by atoms with Crippen molar-refractivity contribution in [3.63, 3.8) is 0 Å². The summed E-state index contributed by atoms with van der Waals surface area (Å²) in [5, 5.41) is 0. The predicted molar refractivity (Wildman–Crippen MR) is 115 cm³/mol. The second kappa shape index (κ2) is 9.31.